The van der Waals surface area contributed by atoms with Crippen LogP contribution in [0.5, 0.6) is 5.75 Å². The van der Waals surface area contributed by atoms with Gasteiger partial charge in [0.2, 0.25) is 0 Å². The van der Waals surface area contributed by atoms with E-state index in [2.05, 4.69) is 25.1 Å². The maximum Gasteiger partial charge on any atom is 0.119 e. The van der Waals surface area contributed by atoms with E-state index in [1.54, 1.807) is 7.11 Å². The quantitative estimate of drug-likeness (QED) is 0.802. The fraction of sp³-hybridized carbons (Fsp3) is 0.333. The lowest BCUT2D eigenvalue weighted by Gasteiger charge is -2.32. The predicted octanol–water partition coefficient (Wildman–Crippen LogP) is 2.86. The van der Waals surface area contributed by atoms with E-state index in [0.29, 0.717) is 6.42 Å². The van der Waals surface area contributed by atoms with E-state index in [1.165, 1.54) is 11.1 Å². The SMILES string of the molecule is COc1cccc(CC(C)(C[C@H](N)O)c2ccccc2)c1. The van der Waals surface area contributed by atoms with Gasteiger partial charge in [0.05, 0.1) is 7.11 Å². The highest BCUT2D eigenvalue weighted by Gasteiger charge is 2.29. The molecule has 0 heterocycles. The molecular formula is C18H23NO2. The number of hydrogen-bond donors (Lipinski definition) is 2. The van der Waals surface area contributed by atoms with E-state index >= 15 is 0 Å². The van der Waals surface area contributed by atoms with Crippen molar-refractivity contribution in [1.82, 2.24) is 0 Å². The van der Waals surface area contributed by atoms with Crippen LogP contribution in [-0.2, 0) is 11.8 Å². The van der Waals surface area contributed by atoms with Crippen LogP contribution in [0.2, 0.25) is 0 Å². The number of ether oxygens (including phenoxy) is 1. The van der Waals surface area contributed by atoms with E-state index in [4.69, 9.17) is 10.5 Å². The summed E-state index contributed by atoms with van der Waals surface area (Å²) in [5.74, 6) is 0.844. The molecule has 112 valence electrons. The Hall–Kier alpha value is -1.84. The van der Waals surface area contributed by atoms with E-state index < -0.39 is 6.23 Å². The maximum atomic E-state index is 9.68. The Labute approximate surface area is 126 Å². The van der Waals surface area contributed by atoms with Crippen molar-refractivity contribution in [1.29, 1.82) is 0 Å². The van der Waals surface area contributed by atoms with Crippen molar-refractivity contribution >= 4 is 0 Å². The fourth-order valence-electron chi connectivity index (χ4n) is 2.83. The Morgan fingerprint density at radius 1 is 1.14 bits per heavy atom. The van der Waals surface area contributed by atoms with Crippen molar-refractivity contribution < 1.29 is 9.84 Å². The zero-order chi connectivity index (χ0) is 15.3. The van der Waals surface area contributed by atoms with Crippen LogP contribution in [0, 0.1) is 0 Å². The molecule has 3 heteroatoms. The summed E-state index contributed by atoms with van der Waals surface area (Å²) in [4.78, 5) is 0. The van der Waals surface area contributed by atoms with E-state index in [0.717, 1.165) is 12.2 Å². The van der Waals surface area contributed by atoms with E-state index in [-0.39, 0.29) is 5.41 Å². The van der Waals surface area contributed by atoms with Gasteiger partial charge in [0.15, 0.2) is 0 Å². The van der Waals surface area contributed by atoms with Crippen LogP contribution in [0.15, 0.2) is 54.6 Å². The molecule has 0 fully saturated rings. The second-order valence-electron chi connectivity index (χ2n) is 5.73. The Bertz CT molecular complexity index is 568. The molecule has 0 amide bonds. The lowest BCUT2D eigenvalue weighted by molar-refractivity contribution is 0.140. The van der Waals surface area contributed by atoms with Crippen molar-refractivity contribution in [3.63, 3.8) is 0 Å². The fourth-order valence-corrected chi connectivity index (χ4v) is 2.83. The van der Waals surface area contributed by atoms with Gasteiger partial charge in [-0.1, -0.05) is 49.4 Å². The van der Waals surface area contributed by atoms with Crippen LogP contribution >= 0.6 is 0 Å². The monoisotopic (exact) mass is 285 g/mol. The second-order valence-corrected chi connectivity index (χ2v) is 5.73. The van der Waals surface area contributed by atoms with Crippen LogP contribution in [0.1, 0.15) is 24.5 Å². The molecule has 2 rings (SSSR count). The van der Waals surface area contributed by atoms with Gasteiger partial charge >= 0.3 is 0 Å². The molecule has 0 aliphatic heterocycles. The highest BCUT2D eigenvalue weighted by molar-refractivity contribution is 5.33. The van der Waals surface area contributed by atoms with Gasteiger partial charge in [-0.3, -0.25) is 0 Å². The minimum absolute atomic E-state index is 0.220. The molecule has 0 aromatic heterocycles. The first-order valence-corrected chi connectivity index (χ1v) is 7.15. The zero-order valence-corrected chi connectivity index (χ0v) is 12.6. The van der Waals surface area contributed by atoms with Crippen LogP contribution in [0.25, 0.3) is 0 Å². The van der Waals surface area contributed by atoms with Crippen molar-refractivity contribution in [2.45, 2.75) is 31.4 Å². The van der Waals surface area contributed by atoms with Gasteiger partial charge in [0, 0.05) is 5.41 Å². The number of hydrogen-bond acceptors (Lipinski definition) is 3. The molecule has 3 N–H and O–H groups in total. The van der Waals surface area contributed by atoms with Gasteiger partial charge in [-0.15, -0.1) is 0 Å². The van der Waals surface area contributed by atoms with E-state index in [9.17, 15) is 5.11 Å². The highest BCUT2D eigenvalue weighted by atomic mass is 16.5. The topological polar surface area (TPSA) is 55.5 Å². The number of aliphatic hydroxyl groups excluding tert-OH is 1. The standard InChI is InChI=1S/C18H23NO2/c1-18(13-17(19)20,15-8-4-3-5-9-15)12-14-7-6-10-16(11-14)21-2/h3-11,17,20H,12-13,19H2,1-2H3/t17-,18?/m1/s1. The molecule has 1 unspecified atom stereocenters. The summed E-state index contributed by atoms with van der Waals surface area (Å²) in [7, 11) is 1.67. The average molecular weight is 285 g/mol. The number of benzene rings is 2. The van der Waals surface area contributed by atoms with Gasteiger partial charge in [0.25, 0.3) is 0 Å². The molecule has 2 aromatic rings. The number of nitrogens with two attached hydrogens (primary N) is 1. The van der Waals surface area contributed by atoms with Gasteiger partial charge in [-0.2, -0.15) is 0 Å². The summed E-state index contributed by atoms with van der Waals surface area (Å²) in [5.41, 5.74) is 7.78. The van der Waals surface area contributed by atoms with Crippen molar-refractivity contribution in [3.05, 3.63) is 65.7 Å². The van der Waals surface area contributed by atoms with Crippen molar-refractivity contribution in [3.8, 4) is 5.75 Å². The van der Waals surface area contributed by atoms with Gasteiger partial charge in [-0.25, -0.2) is 0 Å². The molecule has 0 saturated carbocycles. The zero-order valence-electron chi connectivity index (χ0n) is 12.6. The number of methoxy groups -OCH3 is 1. The Morgan fingerprint density at radius 2 is 1.86 bits per heavy atom. The third-order valence-corrected chi connectivity index (χ3v) is 3.86. The summed E-state index contributed by atoms with van der Waals surface area (Å²) < 4.78 is 5.28. The highest BCUT2D eigenvalue weighted by Crippen LogP contribution is 2.33. The Morgan fingerprint density at radius 3 is 2.48 bits per heavy atom. The largest absolute Gasteiger partial charge is 0.497 e. The van der Waals surface area contributed by atoms with E-state index in [1.807, 2.05) is 36.4 Å². The third kappa shape index (κ3) is 4.06. The second kappa shape index (κ2) is 6.74. The molecule has 0 radical (unpaired) electrons. The third-order valence-electron chi connectivity index (χ3n) is 3.86. The normalized spacial score (nSPS) is 15.2. The van der Waals surface area contributed by atoms with Gasteiger partial charge in [-0.05, 0) is 36.1 Å². The Balaban J connectivity index is 2.32. The molecule has 21 heavy (non-hydrogen) atoms. The first-order chi connectivity index (χ1) is 10.0. The molecule has 0 bridgehead atoms. The summed E-state index contributed by atoms with van der Waals surface area (Å²) in [5, 5.41) is 9.68. The summed E-state index contributed by atoms with van der Waals surface area (Å²) in [6.07, 6.45) is 0.470. The minimum atomic E-state index is -0.833. The van der Waals surface area contributed by atoms with Gasteiger partial charge < -0.3 is 15.6 Å². The average Bonchev–Trinajstić information content (AvgIpc) is 2.47. The lowest BCUT2D eigenvalue weighted by Crippen LogP contribution is -2.34. The predicted molar refractivity (Wildman–Crippen MR) is 85.3 cm³/mol. The van der Waals surface area contributed by atoms with Crippen LogP contribution in [0.4, 0.5) is 0 Å². The first kappa shape index (κ1) is 15.5. The van der Waals surface area contributed by atoms with Crippen LogP contribution < -0.4 is 10.5 Å². The van der Waals surface area contributed by atoms with Crippen molar-refractivity contribution in [2.75, 3.05) is 7.11 Å². The molecule has 0 spiro atoms. The van der Waals surface area contributed by atoms with Crippen LogP contribution in [0.3, 0.4) is 0 Å². The smallest absolute Gasteiger partial charge is 0.119 e. The number of rotatable bonds is 6. The summed E-state index contributed by atoms with van der Waals surface area (Å²) in [6.45, 7) is 2.14. The number of aliphatic hydroxyl groups is 1. The molecule has 0 saturated heterocycles. The molecule has 2 aromatic carbocycles. The molecular weight excluding hydrogens is 262 g/mol. The molecule has 0 aliphatic carbocycles. The molecule has 2 atom stereocenters. The van der Waals surface area contributed by atoms with Crippen molar-refractivity contribution in [2.24, 2.45) is 5.73 Å². The molecule has 0 aliphatic rings. The van der Waals surface area contributed by atoms with Crippen LogP contribution in [-0.4, -0.2) is 18.4 Å². The first-order valence-electron chi connectivity index (χ1n) is 7.15. The summed E-state index contributed by atoms with van der Waals surface area (Å²) >= 11 is 0. The molecule has 3 nitrogen and oxygen atoms in total. The minimum Gasteiger partial charge on any atom is -0.497 e. The maximum absolute atomic E-state index is 9.68. The Kier molecular flexibility index (Phi) is 4.99. The summed E-state index contributed by atoms with van der Waals surface area (Å²) in [6, 6.07) is 18.2. The van der Waals surface area contributed by atoms with Gasteiger partial charge in [0.1, 0.15) is 12.0 Å². The lowest BCUT2D eigenvalue weighted by atomic mass is 9.74.